The van der Waals surface area contributed by atoms with Crippen LogP contribution in [0.5, 0.6) is 11.5 Å². The number of anilines is 2. The van der Waals surface area contributed by atoms with Crippen molar-refractivity contribution in [1.29, 1.82) is 0 Å². The number of ether oxygens (including phenoxy) is 2. The van der Waals surface area contributed by atoms with Crippen molar-refractivity contribution >= 4 is 21.4 Å². The van der Waals surface area contributed by atoms with Gasteiger partial charge in [-0.2, -0.15) is 0 Å². The van der Waals surface area contributed by atoms with E-state index in [1.165, 1.54) is 0 Å². The van der Waals surface area contributed by atoms with Crippen molar-refractivity contribution in [3.63, 3.8) is 0 Å². The van der Waals surface area contributed by atoms with Crippen molar-refractivity contribution in [2.75, 3.05) is 23.3 Å². The SMILES string of the molecule is CCOc1ccc([C@H]2Nc3ccc(S(=O)(=O)Nc4ccc(C)c(C)c4)cc3[C@H]3C=CC[C@H]32)cc1OCC. The molecule has 1 aliphatic carbocycles. The molecule has 0 unspecified atom stereocenters. The van der Waals surface area contributed by atoms with Crippen molar-refractivity contribution in [3.8, 4) is 11.5 Å². The smallest absolute Gasteiger partial charge is 0.261 e. The summed E-state index contributed by atoms with van der Waals surface area (Å²) in [5, 5.41) is 3.70. The highest BCUT2D eigenvalue weighted by molar-refractivity contribution is 7.92. The van der Waals surface area contributed by atoms with Crippen molar-refractivity contribution in [2.24, 2.45) is 5.92 Å². The first-order valence-corrected chi connectivity index (χ1v) is 14.4. The molecule has 3 aromatic carbocycles. The summed E-state index contributed by atoms with van der Waals surface area (Å²) in [6.07, 6.45) is 5.32. The van der Waals surface area contributed by atoms with E-state index < -0.39 is 10.0 Å². The van der Waals surface area contributed by atoms with E-state index in [0.717, 1.165) is 45.9 Å². The second-order valence-corrected chi connectivity index (χ2v) is 11.4. The summed E-state index contributed by atoms with van der Waals surface area (Å²) in [5.41, 5.74) is 5.82. The van der Waals surface area contributed by atoms with Crippen molar-refractivity contribution in [3.05, 3.63) is 89.0 Å². The van der Waals surface area contributed by atoms with Gasteiger partial charge in [-0.25, -0.2) is 8.42 Å². The predicted molar refractivity (Wildman–Crippen MR) is 148 cm³/mol. The van der Waals surface area contributed by atoms with Crippen LogP contribution in [-0.2, 0) is 10.0 Å². The Kier molecular flexibility index (Phi) is 6.90. The van der Waals surface area contributed by atoms with Crippen LogP contribution in [0.4, 0.5) is 11.4 Å². The van der Waals surface area contributed by atoms with Gasteiger partial charge in [0.05, 0.1) is 24.2 Å². The van der Waals surface area contributed by atoms with E-state index in [4.69, 9.17) is 9.47 Å². The molecule has 2 N–H and O–H groups in total. The first-order chi connectivity index (χ1) is 17.8. The van der Waals surface area contributed by atoms with Gasteiger partial charge in [-0.05, 0) is 105 Å². The van der Waals surface area contributed by atoms with Gasteiger partial charge in [-0.1, -0.05) is 24.3 Å². The molecule has 0 radical (unpaired) electrons. The minimum Gasteiger partial charge on any atom is -0.490 e. The maximum Gasteiger partial charge on any atom is 0.261 e. The largest absolute Gasteiger partial charge is 0.490 e. The Hall–Kier alpha value is -3.45. The summed E-state index contributed by atoms with van der Waals surface area (Å²) in [6.45, 7) is 9.05. The highest BCUT2D eigenvalue weighted by Crippen LogP contribution is 2.51. The van der Waals surface area contributed by atoms with E-state index in [1.807, 2.05) is 58.0 Å². The highest BCUT2D eigenvalue weighted by Gasteiger charge is 2.38. The van der Waals surface area contributed by atoms with Crippen LogP contribution in [0, 0.1) is 19.8 Å². The molecule has 0 amide bonds. The number of rotatable bonds is 8. The number of hydrogen-bond acceptors (Lipinski definition) is 5. The standard InChI is InChI=1S/C30H34N2O4S/c1-5-35-28-15-11-21(17-29(28)36-6-2)30-25-9-7-8-24(25)26-18-23(13-14-27(26)31-30)37(33,34)32-22-12-10-19(3)20(4)16-22/h7-8,10-18,24-25,30-32H,5-6,9H2,1-4H3/t24-,25+,30+/m0/s1. The normalized spacial score (nSPS) is 20.1. The van der Waals surface area contributed by atoms with Crippen LogP contribution >= 0.6 is 0 Å². The lowest BCUT2D eigenvalue weighted by Gasteiger charge is -2.38. The van der Waals surface area contributed by atoms with Crippen molar-refractivity contribution in [2.45, 2.75) is 51.0 Å². The molecule has 5 rings (SSSR count). The van der Waals surface area contributed by atoms with Crippen LogP contribution in [0.25, 0.3) is 0 Å². The summed E-state index contributed by atoms with van der Waals surface area (Å²) < 4.78 is 40.9. The molecule has 0 fully saturated rings. The summed E-state index contributed by atoms with van der Waals surface area (Å²) in [7, 11) is -3.73. The number of aryl methyl sites for hydroxylation is 2. The Bertz CT molecular complexity index is 1450. The molecule has 0 aromatic heterocycles. The van der Waals surface area contributed by atoms with Gasteiger partial charge in [0, 0.05) is 17.3 Å². The second-order valence-electron chi connectivity index (χ2n) is 9.70. The van der Waals surface area contributed by atoms with Gasteiger partial charge >= 0.3 is 0 Å². The summed E-state index contributed by atoms with van der Waals surface area (Å²) in [4.78, 5) is 0.267. The van der Waals surface area contributed by atoms with Crippen LogP contribution < -0.4 is 19.5 Å². The van der Waals surface area contributed by atoms with Gasteiger partial charge in [0.2, 0.25) is 0 Å². The predicted octanol–water partition coefficient (Wildman–Crippen LogP) is 6.73. The third kappa shape index (κ3) is 4.92. The van der Waals surface area contributed by atoms with E-state index in [0.29, 0.717) is 18.9 Å². The van der Waals surface area contributed by atoms with Crippen LogP contribution in [0.3, 0.4) is 0 Å². The minimum atomic E-state index is -3.73. The Morgan fingerprint density at radius 3 is 2.46 bits per heavy atom. The van der Waals surface area contributed by atoms with Crippen LogP contribution in [-0.4, -0.2) is 21.6 Å². The topological polar surface area (TPSA) is 76.7 Å². The lowest BCUT2D eigenvalue weighted by Crippen LogP contribution is -2.29. The second kappa shape index (κ2) is 10.1. The third-order valence-electron chi connectivity index (χ3n) is 7.33. The van der Waals surface area contributed by atoms with Gasteiger partial charge in [-0.3, -0.25) is 4.72 Å². The van der Waals surface area contributed by atoms with Gasteiger partial charge < -0.3 is 14.8 Å². The molecule has 6 nitrogen and oxygen atoms in total. The molecule has 1 heterocycles. The van der Waals surface area contributed by atoms with E-state index in [1.54, 1.807) is 12.1 Å². The molecule has 0 saturated carbocycles. The Balaban J connectivity index is 1.46. The monoisotopic (exact) mass is 518 g/mol. The molecule has 37 heavy (non-hydrogen) atoms. The van der Waals surface area contributed by atoms with Crippen LogP contribution in [0.2, 0.25) is 0 Å². The molecule has 0 saturated heterocycles. The number of nitrogens with one attached hydrogen (secondary N) is 2. The van der Waals surface area contributed by atoms with E-state index in [-0.39, 0.29) is 22.8 Å². The van der Waals surface area contributed by atoms with Crippen LogP contribution in [0.1, 0.15) is 54.5 Å². The third-order valence-corrected chi connectivity index (χ3v) is 8.71. The van der Waals surface area contributed by atoms with Gasteiger partial charge in [0.1, 0.15) is 0 Å². The van der Waals surface area contributed by atoms with Crippen LogP contribution in [0.15, 0.2) is 71.6 Å². The summed E-state index contributed by atoms with van der Waals surface area (Å²) >= 11 is 0. The van der Waals surface area contributed by atoms with Crippen molar-refractivity contribution in [1.82, 2.24) is 0 Å². The number of fused-ring (bicyclic) bond motifs is 3. The van der Waals surface area contributed by atoms with Gasteiger partial charge in [0.15, 0.2) is 11.5 Å². The molecule has 0 spiro atoms. The number of hydrogen-bond donors (Lipinski definition) is 2. The van der Waals surface area contributed by atoms with E-state index >= 15 is 0 Å². The fourth-order valence-electron chi connectivity index (χ4n) is 5.35. The molecule has 3 aromatic rings. The molecular formula is C30H34N2O4S. The fraction of sp³-hybridized carbons (Fsp3) is 0.333. The maximum atomic E-state index is 13.3. The summed E-state index contributed by atoms with van der Waals surface area (Å²) in [6, 6.07) is 17.2. The Labute approximate surface area is 219 Å². The van der Waals surface area contributed by atoms with E-state index in [9.17, 15) is 8.42 Å². The quantitative estimate of drug-likeness (QED) is 0.324. The van der Waals surface area contributed by atoms with Gasteiger partial charge in [0.25, 0.3) is 10.0 Å². The number of benzene rings is 3. The number of allylic oxidation sites excluding steroid dienone is 2. The summed E-state index contributed by atoms with van der Waals surface area (Å²) in [5.74, 6) is 1.89. The van der Waals surface area contributed by atoms with E-state index in [2.05, 4.69) is 34.3 Å². The zero-order chi connectivity index (χ0) is 26.2. The lowest BCUT2D eigenvalue weighted by atomic mass is 9.77. The Morgan fingerprint density at radius 1 is 0.919 bits per heavy atom. The molecule has 1 aliphatic heterocycles. The average Bonchev–Trinajstić information content (AvgIpc) is 3.37. The number of sulfonamides is 1. The molecule has 3 atom stereocenters. The molecule has 0 bridgehead atoms. The first kappa shape index (κ1) is 25.2. The average molecular weight is 519 g/mol. The molecule has 194 valence electrons. The first-order valence-electron chi connectivity index (χ1n) is 12.9. The lowest BCUT2D eigenvalue weighted by molar-refractivity contribution is 0.287. The minimum absolute atomic E-state index is 0.0681. The Morgan fingerprint density at radius 2 is 1.70 bits per heavy atom. The molecule has 2 aliphatic rings. The molecule has 7 heteroatoms. The zero-order valence-corrected chi connectivity index (χ0v) is 22.6. The molecular weight excluding hydrogens is 484 g/mol. The van der Waals surface area contributed by atoms with Gasteiger partial charge in [-0.15, -0.1) is 0 Å². The zero-order valence-electron chi connectivity index (χ0n) is 21.7. The highest BCUT2D eigenvalue weighted by atomic mass is 32.2. The fourth-order valence-corrected chi connectivity index (χ4v) is 6.43. The van der Waals surface area contributed by atoms with Crippen molar-refractivity contribution < 1.29 is 17.9 Å². The maximum absolute atomic E-state index is 13.3.